The van der Waals surface area contributed by atoms with Gasteiger partial charge in [0, 0.05) is 25.7 Å². The lowest BCUT2D eigenvalue weighted by atomic mass is 10.0. The van der Waals surface area contributed by atoms with Crippen LogP contribution in [0.4, 0.5) is 0 Å². The van der Waals surface area contributed by atoms with Gasteiger partial charge in [-0.25, -0.2) is 0 Å². The van der Waals surface area contributed by atoms with Gasteiger partial charge in [-0.15, -0.1) is 0 Å². The van der Waals surface area contributed by atoms with E-state index in [2.05, 4.69) is 46.6 Å². The predicted molar refractivity (Wildman–Crippen MR) is 90.0 cm³/mol. The Morgan fingerprint density at radius 2 is 2.12 bits per heavy atom. The number of methoxy groups -OCH3 is 1. The quantitative estimate of drug-likeness (QED) is 0.912. The Morgan fingerprint density at radius 1 is 1.38 bits per heavy atom. The SMILES string of the molecule is COc1cc(C(=O)NC2CCN(Cc3ccccc3C)CC2)on1. The summed E-state index contributed by atoms with van der Waals surface area (Å²) in [5, 5.41) is 6.66. The molecule has 1 aliphatic rings. The molecular formula is C18H23N3O3. The largest absolute Gasteiger partial charge is 0.479 e. The number of piperidine rings is 1. The third-order valence-electron chi connectivity index (χ3n) is 4.50. The Labute approximate surface area is 141 Å². The zero-order valence-electron chi connectivity index (χ0n) is 14.1. The summed E-state index contributed by atoms with van der Waals surface area (Å²) < 4.78 is 9.90. The van der Waals surface area contributed by atoms with E-state index < -0.39 is 0 Å². The van der Waals surface area contributed by atoms with Crippen molar-refractivity contribution in [3.63, 3.8) is 0 Å². The van der Waals surface area contributed by atoms with Crippen molar-refractivity contribution < 1.29 is 14.1 Å². The van der Waals surface area contributed by atoms with Crippen LogP contribution in [0.1, 0.15) is 34.5 Å². The van der Waals surface area contributed by atoms with Crippen molar-refractivity contribution in [1.29, 1.82) is 0 Å². The number of amides is 1. The smallest absolute Gasteiger partial charge is 0.290 e. The number of nitrogens with zero attached hydrogens (tertiary/aromatic N) is 2. The van der Waals surface area contributed by atoms with Gasteiger partial charge < -0.3 is 14.6 Å². The average molecular weight is 329 g/mol. The molecule has 1 aromatic carbocycles. The maximum Gasteiger partial charge on any atom is 0.290 e. The normalized spacial score (nSPS) is 16.1. The zero-order valence-corrected chi connectivity index (χ0v) is 14.1. The van der Waals surface area contributed by atoms with E-state index in [4.69, 9.17) is 9.26 Å². The van der Waals surface area contributed by atoms with Crippen molar-refractivity contribution in [3.8, 4) is 5.88 Å². The summed E-state index contributed by atoms with van der Waals surface area (Å²) in [5.74, 6) is 0.269. The Morgan fingerprint density at radius 3 is 2.79 bits per heavy atom. The van der Waals surface area contributed by atoms with Crippen LogP contribution in [0.3, 0.4) is 0 Å². The minimum absolute atomic E-state index is 0.168. The van der Waals surface area contributed by atoms with E-state index in [1.165, 1.54) is 24.3 Å². The molecule has 0 bridgehead atoms. The maximum atomic E-state index is 12.1. The van der Waals surface area contributed by atoms with Crippen LogP contribution in [-0.2, 0) is 6.54 Å². The van der Waals surface area contributed by atoms with Crippen LogP contribution in [0.15, 0.2) is 34.9 Å². The van der Waals surface area contributed by atoms with E-state index >= 15 is 0 Å². The summed E-state index contributed by atoms with van der Waals surface area (Å²) in [6.45, 7) is 5.05. The van der Waals surface area contributed by atoms with Gasteiger partial charge in [-0.05, 0) is 36.0 Å². The van der Waals surface area contributed by atoms with Crippen LogP contribution >= 0.6 is 0 Å². The molecule has 2 aromatic rings. The number of hydrogen-bond acceptors (Lipinski definition) is 5. The number of nitrogens with one attached hydrogen (secondary N) is 1. The van der Waals surface area contributed by atoms with Gasteiger partial charge in [0.15, 0.2) is 0 Å². The highest BCUT2D eigenvalue weighted by molar-refractivity contribution is 5.91. The molecule has 6 nitrogen and oxygen atoms in total. The molecule has 0 aliphatic carbocycles. The molecule has 0 unspecified atom stereocenters. The Kier molecular flexibility index (Phi) is 5.15. The zero-order chi connectivity index (χ0) is 16.9. The van der Waals surface area contributed by atoms with Crippen LogP contribution in [0.25, 0.3) is 0 Å². The van der Waals surface area contributed by atoms with Gasteiger partial charge in [0.1, 0.15) is 0 Å². The fourth-order valence-corrected chi connectivity index (χ4v) is 2.98. The molecule has 6 heteroatoms. The average Bonchev–Trinajstić information content (AvgIpc) is 3.08. The minimum Gasteiger partial charge on any atom is -0.479 e. The van der Waals surface area contributed by atoms with E-state index in [0.717, 1.165) is 32.5 Å². The highest BCUT2D eigenvalue weighted by Crippen LogP contribution is 2.17. The summed E-state index contributed by atoms with van der Waals surface area (Å²) in [7, 11) is 1.49. The van der Waals surface area contributed by atoms with E-state index in [9.17, 15) is 4.79 Å². The Balaban J connectivity index is 1.48. The number of carbonyl (C=O) groups excluding carboxylic acids is 1. The van der Waals surface area contributed by atoms with Crippen LogP contribution < -0.4 is 10.1 Å². The fraction of sp³-hybridized carbons (Fsp3) is 0.444. The molecule has 0 saturated carbocycles. The van der Waals surface area contributed by atoms with E-state index in [1.54, 1.807) is 0 Å². The second-order valence-electron chi connectivity index (χ2n) is 6.18. The van der Waals surface area contributed by atoms with Gasteiger partial charge in [0.2, 0.25) is 5.76 Å². The first-order valence-electron chi connectivity index (χ1n) is 8.24. The van der Waals surface area contributed by atoms with Gasteiger partial charge in [0.05, 0.1) is 13.2 Å². The topological polar surface area (TPSA) is 67.6 Å². The first-order chi connectivity index (χ1) is 11.7. The number of ether oxygens (including phenoxy) is 1. The van der Waals surface area contributed by atoms with E-state index in [0.29, 0.717) is 5.88 Å². The molecule has 1 fully saturated rings. The lowest BCUT2D eigenvalue weighted by Crippen LogP contribution is -2.44. The monoisotopic (exact) mass is 329 g/mol. The Bertz CT molecular complexity index is 690. The van der Waals surface area contributed by atoms with Crippen molar-refractivity contribution in [1.82, 2.24) is 15.4 Å². The van der Waals surface area contributed by atoms with Crippen molar-refractivity contribution in [3.05, 3.63) is 47.2 Å². The van der Waals surface area contributed by atoms with E-state index in [-0.39, 0.29) is 17.7 Å². The van der Waals surface area contributed by atoms with E-state index in [1.807, 2.05) is 0 Å². The summed E-state index contributed by atoms with van der Waals surface area (Å²) in [4.78, 5) is 14.6. The van der Waals surface area contributed by atoms with Crippen molar-refractivity contribution in [2.24, 2.45) is 0 Å². The maximum absolute atomic E-state index is 12.1. The lowest BCUT2D eigenvalue weighted by Gasteiger charge is -2.32. The van der Waals surface area contributed by atoms with Crippen LogP contribution in [0.2, 0.25) is 0 Å². The molecule has 2 heterocycles. The predicted octanol–water partition coefficient (Wildman–Crippen LogP) is 2.39. The number of rotatable bonds is 5. The van der Waals surface area contributed by atoms with Gasteiger partial charge in [-0.3, -0.25) is 9.69 Å². The van der Waals surface area contributed by atoms with Gasteiger partial charge in [-0.1, -0.05) is 24.3 Å². The molecule has 24 heavy (non-hydrogen) atoms. The first-order valence-corrected chi connectivity index (χ1v) is 8.24. The second-order valence-corrected chi connectivity index (χ2v) is 6.18. The molecule has 1 aromatic heterocycles. The molecule has 1 aliphatic heterocycles. The number of carbonyl (C=O) groups is 1. The highest BCUT2D eigenvalue weighted by Gasteiger charge is 2.23. The number of benzene rings is 1. The molecular weight excluding hydrogens is 306 g/mol. The third kappa shape index (κ3) is 3.94. The van der Waals surface area contributed by atoms with Gasteiger partial charge in [0.25, 0.3) is 11.8 Å². The number of likely N-dealkylation sites (tertiary alicyclic amines) is 1. The second kappa shape index (κ2) is 7.49. The Hall–Kier alpha value is -2.34. The molecule has 1 amide bonds. The standard InChI is InChI=1S/C18H23N3O3/c1-13-5-3-4-6-14(13)12-21-9-7-15(8-10-21)19-18(22)16-11-17(23-2)20-24-16/h3-6,11,15H,7-10,12H2,1-2H3,(H,19,22). The van der Waals surface area contributed by atoms with Crippen molar-refractivity contribution in [2.75, 3.05) is 20.2 Å². The van der Waals surface area contributed by atoms with Crippen LogP contribution in [-0.4, -0.2) is 42.2 Å². The molecule has 0 atom stereocenters. The molecule has 1 saturated heterocycles. The summed E-state index contributed by atoms with van der Waals surface area (Å²) in [6, 6.07) is 10.2. The summed E-state index contributed by atoms with van der Waals surface area (Å²) in [5.41, 5.74) is 2.70. The van der Waals surface area contributed by atoms with Crippen molar-refractivity contribution in [2.45, 2.75) is 32.4 Å². The molecule has 1 N–H and O–H groups in total. The van der Waals surface area contributed by atoms with Gasteiger partial charge in [-0.2, -0.15) is 0 Å². The van der Waals surface area contributed by atoms with Gasteiger partial charge >= 0.3 is 0 Å². The molecule has 128 valence electrons. The minimum atomic E-state index is -0.233. The van der Waals surface area contributed by atoms with Crippen LogP contribution in [0, 0.1) is 6.92 Å². The lowest BCUT2D eigenvalue weighted by molar-refractivity contribution is 0.0871. The number of hydrogen-bond donors (Lipinski definition) is 1. The molecule has 3 rings (SSSR count). The van der Waals surface area contributed by atoms with Crippen LogP contribution in [0.5, 0.6) is 5.88 Å². The first kappa shape index (κ1) is 16.5. The third-order valence-corrected chi connectivity index (χ3v) is 4.50. The fourth-order valence-electron chi connectivity index (χ4n) is 2.98. The summed E-state index contributed by atoms with van der Waals surface area (Å²) >= 11 is 0. The number of aromatic nitrogens is 1. The number of aryl methyl sites for hydroxylation is 1. The van der Waals surface area contributed by atoms with Crippen molar-refractivity contribution >= 4 is 5.91 Å². The summed E-state index contributed by atoms with van der Waals surface area (Å²) in [6.07, 6.45) is 1.87. The molecule has 0 spiro atoms. The molecule has 0 radical (unpaired) electrons. The highest BCUT2D eigenvalue weighted by atomic mass is 16.5.